The van der Waals surface area contributed by atoms with Crippen LogP contribution in [0.25, 0.3) is 5.65 Å². The van der Waals surface area contributed by atoms with Crippen molar-refractivity contribution in [1.82, 2.24) is 24.4 Å². The van der Waals surface area contributed by atoms with Gasteiger partial charge in [-0.05, 0) is 39.0 Å². The molecule has 1 N–H and O–H groups in total. The van der Waals surface area contributed by atoms with Crippen LogP contribution in [0.3, 0.4) is 0 Å². The summed E-state index contributed by atoms with van der Waals surface area (Å²) in [5.74, 6) is 1.51. The minimum absolute atomic E-state index is 0.0388. The standard InChI is InChI=1S/C22H31N5O2/c1-13(2)26-9-6-18-17(12-26)22(29)27-20(23-18)11-19(24-27)15-4-7-25(8-5-15)21(28)16-10-14(16)3/h11,13-16,24H,4-10,12H2,1-3H3/t14-,16-/m0/s1. The number of likely N-dealkylation sites (tertiary alicyclic amines) is 1. The highest BCUT2D eigenvalue weighted by atomic mass is 16.2. The van der Waals surface area contributed by atoms with Gasteiger partial charge in [0.15, 0.2) is 5.65 Å². The Balaban J connectivity index is 1.35. The summed E-state index contributed by atoms with van der Waals surface area (Å²) in [7, 11) is 0. The highest BCUT2D eigenvalue weighted by Gasteiger charge is 2.42. The fraction of sp³-hybridized carbons (Fsp3) is 0.682. The number of rotatable bonds is 3. The second-order valence-corrected chi connectivity index (χ2v) is 9.48. The van der Waals surface area contributed by atoms with E-state index >= 15 is 0 Å². The van der Waals surface area contributed by atoms with Crippen molar-refractivity contribution in [3.63, 3.8) is 0 Å². The van der Waals surface area contributed by atoms with Gasteiger partial charge in [-0.15, -0.1) is 0 Å². The van der Waals surface area contributed by atoms with E-state index in [1.807, 2.05) is 11.0 Å². The van der Waals surface area contributed by atoms with Crippen LogP contribution >= 0.6 is 0 Å². The molecule has 4 heterocycles. The lowest BCUT2D eigenvalue weighted by Gasteiger charge is -2.31. The van der Waals surface area contributed by atoms with Crippen LogP contribution in [-0.4, -0.2) is 56.0 Å². The molecule has 1 amide bonds. The van der Waals surface area contributed by atoms with Gasteiger partial charge < -0.3 is 4.90 Å². The summed E-state index contributed by atoms with van der Waals surface area (Å²) < 4.78 is 1.63. The minimum Gasteiger partial charge on any atom is -0.342 e. The number of H-pyrrole nitrogens is 1. The van der Waals surface area contributed by atoms with E-state index in [1.165, 1.54) is 0 Å². The number of amides is 1. The Bertz CT molecular complexity index is 999. The van der Waals surface area contributed by atoms with Crippen molar-refractivity contribution in [2.24, 2.45) is 11.8 Å². The molecule has 2 aromatic heterocycles. The summed E-state index contributed by atoms with van der Waals surface area (Å²) in [6.45, 7) is 9.75. The van der Waals surface area contributed by atoms with Crippen molar-refractivity contribution in [2.45, 2.75) is 65.0 Å². The summed E-state index contributed by atoms with van der Waals surface area (Å²) in [6.07, 6.45) is 3.76. The fourth-order valence-corrected chi connectivity index (χ4v) is 4.98. The predicted octanol–water partition coefficient (Wildman–Crippen LogP) is 2.15. The Kier molecular flexibility index (Phi) is 4.53. The lowest BCUT2D eigenvalue weighted by atomic mass is 9.93. The number of hydrogen-bond acceptors (Lipinski definition) is 4. The molecule has 0 aromatic carbocycles. The van der Waals surface area contributed by atoms with E-state index in [1.54, 1.807) is 4.52 Å². The largest absolute Gasteiger partial charge is 0.342 e. The van der Waals surface area contributed by atoms with Crippen molar-refractivity contribution >= 4 is 11.6 Å². The van der Waals surface area contributed by atoms with Crippen LogP contribution in [0.5, 0.6) is 0 Å². The van der Waals surface area contributed by atoms with Gasteiger partial charge in [-0.3, -0.25) is 19.6 Å². The first-order chi connectivity index (χ1) is 13.9. The molecule has 0 bridgehead atoms. The Morgan fingerprint density at radius 3 is 2.62 bits per heavy atom. The molecule has 3 aliphatic rings. The van der Waals surface area contributed by atoms with E-state index in [2.05, 4.69) is 30.8 Å². The molecule has 7 nitrogen and oxygen atoms in total. The summed E-state index contributed by atoms with van der Waals surface area (Å²) in [5.41, 5.74) is 3.62. The fourth-order valence-electron chi connectivity index (χ4n) is 4.98. The third kappa shape index (κ3) is 3.29. The molecule has 1 saturated heterocycles. The minimum atomic E-state index is 0.0388. The van der Waals surface area contributed by atoms with Gasteiger partial charge in [0.05, 0.1) is 11.3 Å². The number of fused-ring (bicyclic) bond motifs is 2. The van der Waals surface area contributed by atoms with Crippen molar-refractivity contribution in [1.29, 1.82) is 0 Å². The second kappa shape index (κ2) is 6.97. The number of aromatic amines is 1. The van der Waals surface area contributed by atoms with Crippen LogP contribution in [0.2, 0.25) is 0 Å². The van der Waals surface area contributed by atoms with Gasteiger partial charge in [-0.2, -0.15) is 0 Å². The zero-order chi connectivity index (χ0) is 20.3. The molecular weight excluding hydrogens is 366 g/mol. The molecule has 2 aliphatic heterocycles. The van der Waals surface area contributed by atoms with Gasteiger partial charge in [0, 0.05) is 62.2 Å². The molecule has 0 spiro atoms. The highest BCUT2D eigenvalue weighted by Crippen LogP contribution is 2.40. The Labute approximate surface area is 171 Å². The van der Waals surface area contributed by atoms with Crippen LogP contribution in [0.1, 0.15) is 62.9 Å². The molecule has 5 rings (SSSR count). The van der Waals surface area contributed by atoms with E-state index in [0.717, 1.165) is 67.9 Å². The van der Waals surface area contributed by atoms with E-state index in [-0.39, 0.29) is 11.5 Å². The lowest BCUT2D eigenvalue weighted by molar-refractivity contribution is -0.133. The number of carbonyl (C=O) groups is 1. The number of carbonyl (C=O) groups excluding carboxylic acids is 1. The molecule has 2 aromatic rings. The summed E-state index contributed by atoms with van der Waals surface area (Å²) in [5, 5.41) is 3.33. The van der Waals surface area contributed by atoms with Crippen LogP contribution in [0.15, 0.2) is 10.9 Å². The van der Waals surface area contributed by atoms with Gasteiger partial charge in [0.1, 0.15) is 0 Å². The number of nitrogens with zero attached hydrogens (tertiary/aromatic N) is 4. The molecule has 7 heteroatoms. The van der Waals surface area contributed by atoms with Gasteiger partial charge in [0.2, 0.25) is 5.91 Å². The van der Waals surface area contributed by atoms with Crippen molar-refractivity contribution < 1.29 is 4.79 Å². The monoisotopic (exact) mass is 397 g/mol. The second-order valence-electron chi connectivity index (χ2n) is 9.48. The van der Waals surface area contributed by atoms with Gasteiger partial charge in [-0.25, -0.2) is 9.50 Å². The first-order valence-electron chi connectivity index (χ1n) is 11.1. The summed E-state index contributed by atoms with van der Waals surface area (Å²) >= 11 is 0. The van der Waals surface area contributed by atoms with E-state index in [4.69, 9.17) is 4.98 Å². The molecule has 0 unspecified atom stereocenters. The van der Waals surface area contributed by atoms with Gasteiger partial charge in [0.25, 0.3) is 5.56 Å². The van der Waals surface area contributed by atoms with Crippen LogP contribution in [0, 0.1) is 11.8 Å². The van der Waals surface area contributed by atoms with Crippen LogP contribution in [-0.2, 0) is 17.8 Å². The third-order valence-corrected chi connectivity index (χ3v) is 7.21. The van der Waals surface area contributed by atoms with Gasteiger partial charge >= 0.3 is 0 Å². The maximum Gasteiger partial charge on any atom is 0.277 e. The third-order valence-electron chi connectivity index (χ3n) is 7.21. The Morgan fingerprint density at radius 2 is 1.97 bits per heavy atom. The normalized spacial score (nSPS) is 25.6. The van der Waals surface area contributed by atoms with Crippen molar-refractivity contribution in [2.75, 3.05) is 19.6 Å². The predicted molar refractivity (Wildman–Crippen MR) is 111 cm³/mol. The first-order valence-corrected chi connectivity index (χ1v) is 11.1. The molecule has 156 valence electrons. The number of piperidine rings is 1. The molecule has 0 radical (unpaired) electrons. The lowest BCUT2D eigenvalue weighted by Crippen LogP contribution is -2.40. The van der Waals surface area contributed by atoms with E-state index in [9.17, 15) is 9.59 Å². The highest BCUT2D eigenvalue weighted by molar-refractivity contribution is 5.81. The maximum atomic E-state index is 13.1. The molecule has 29 heavy (non-hydrogen) atoms. The zero-order valence-corrected chi connectivity index (χ0v) is 17.6. The number of hydrogen-bond donors (Lipinski definition) is 1. The Hall–Kier alpha value is -2.15. The molecule has 2 fully saturated rings. The summed E-state index contributed by atoms with van der Waals surface area (Å²) in [6, 6.07) is 2.47. The molecule has 1 aliphatic carbocycles. The van der Waals surface area contributed by atoms with Gasteiger partial charge in [-0.1, -0.05) is 6.92 Å². The molecule has 2 atom stereocenters. The van der Waals surface area contributed by atoms with Crippen molar-refractivity contribution in [3.05, 3.63) is 33.4 Å². The number of nitrogens with one attached hydrogen (secondary N) is 1. The first kappa shape index (κ1) is 18.9. The summed E-state index contributed by atoms with van der Waals surface area (Å²) in [4.78, 5) is 34.8. The van der Waals surface area contributed by atoms with Crippen molar-refractivity contribution in [3.8, 4) is 0 Å². The maximum absolute atomic E-state index is 13.1. The average molecular weight is 398 g/mol. The molecular formula is C22H31N5O2. The SMILES string of the molecule is CC(C)N1CCc2nc3cc(C4CCN(C(=O)[C@H]5C[C@@H]5C)CC4)[nH]n3c(=O)c2C1. The molecule has 1 saturated carbocycles. The van der Waals surface area contributed by atoms with E-state index in [0.29, 0.717) is 30.3 Å². The van der Waals surface area contributed by atoms with Crippen LogP contribution < -0.4 is 5.56 Å². The van der Waals surface area contributed by atoms with E-state index < -0.39 is 0 Å². The Morgan fingerprint density at radius 1 is 1.24 bits per heavy atom. The smallest absolute Gasteiger partial charge is 0.277 e. The zero-order valence-electron chi connectivity index (χ0n) is 17.6. The topological polar surface area (TPSA) is 73.7 Å². The average Bonchev–Trinajstić information content (AvgIpc) is 3.29. The van der Waals surface area contributed by atoms with Crippen LogP contribution in [0.4, 0.5) is 0 Å². The quantitative estimate of drug-likeness (QED) is 0.861. The number of aromatic nitrogens is 3.